The average molecular weight is 238 g/mol. The molecular weight excluding hydrogens is 212 g/mol. The summed E-state index contributed by atoms with van der Waals surface area (Å²) in [5, 5.41) is 3.37. The first kappa shape index (κ1) is 12.9. The summed E-state index contributed by atoms with van der Waals surface area (Å²) in [7, 11) is 0. The summed E-state index contributed by atoms with van der Waals surface area (Å²) in [6, 6.07) is 0. The van der Waals surface area contributed by atoms with Gasteiger partial charge in [-0.05, 0) is 44.6 Å². The third-order valence-corrected chi connectivity index (χ3v) is 4.73. The van der Waals surface area contributed by atoms with Crippen molar-refractivity contribution in [3.05, 3.63) is 0 Å². The standard InChI is InChI=1S/C14H26N2O/c1-11-5-8-16(9-12(11)2)13(17)14(3)6-4-7-15-10-14/h11-12,15H,4-10H2,1-3H3. The highest BCUT2D eigenvalue weighted by Crippen LogP contribution is 2.31. The van der Waals surface area contributed by atoms with Crippen LogP contribution in [0.1, 0.15) is 40.0 Å². The minimum absolute atomic E-state index is 0.154. The monoisotopic (exact) mass is 238 g/mol. The molecular formula is C14H26N2O. The molecule has 3 nitrogen and oxygen atoms in total. The number of nitrogens with one attached hydrogen (secondary N) is 1. The van der Waals surface area contributed by atoms with Crippen LogP contribution in [0.3, 0.4) is 0 Å². The first-order valence-electron chi connectivity index (χ1n) is 7.03. The SMILES string of the molecule is CC1CCN(C(=O)C2(C)CCCNC2)CC1C. The lowest BCUT2D eigenvalue weighted by atomic mass is 9.80. The number of carbonyl (C=O) groups excluding carboxylic acids is 1. The molecule has 0 radical (unpaired) electrons. The average Bonchev–Trinajstić information content (AvgIpc) is 2.33. The molecule has 0 bridgehead atoms. The van der Waals surface area contributed by atoms with Gasteiger partial charge < -0.3 is 10.2 Å². The van der Waals surface area contributed by atoms with Gasteiger partial charge in [0.15, 0.2) is 0 Å². The maximum absolute atomic E-state index is 12.6. The van der Waals surface area contributed by atoms with Gasteiger partial charge in [0.1, 0.15) is 0 Å². The Morgan fingerprint density at radius 2 is 2.12 bits per heavy atom. The first-order chi connectivity index (χ1) is 8.03. The van der Waals surface area contributed by atoms with E-state index in [1.165, 1.54) is 0 Å². The van der Waals surface area contributed by atoms with Gasteiger partial charge in [0.25, 0.3) is 0 Å². The van der Waals surface area contributed by atoms with E-state index < -0.39 is 0 Å². The lowest BCUT2D eigenvalue weighted by molar-refractivity contribution is -0.144. The predicted octanol–water partition coefficient (Wildman–Crippen LogP) is 1.88. The molecule has 98 valence electrons. The molecule has 3 atom stereocenters. The minimum atomic E-state index is -0.154. The maximum Gasteiger partial charge on any atom is 0.229 e. The van der Waals surface area contributed by atoms with Gasteiger partial charge in [0.2, 0.25) is 5.91 Å². The van der Waals surface area contributed by atoms with Gasteiger partial charge in [-0.2, -0.15) is 0 Å². The number of piperidine rings is 2. The van der Waals surface area contributed by atoms with Gasteiger partial charge in [-0.3, -0.25) is 4.79 Å². The molecule has 0 aliphatic carbocycles. The third-order valence-electron chi connectivity index (χ3n) is 4.73. The largest absolute Gasteiger partial charge is 0.342 e. The molecule has 2 aliphatic heterocycles. The van der Waals surface area contributed by atoms with Crippen LogP contribution in [0.15, 0.2) is 0 Å². The normalized spacial score (nSPS) is 39.1. The van der Waals surface area contributed by atoms with Crippen LogP contribution in [0.2, 0.25) is 0 Å². The van der Waals surface area contributed by atoms with Crippen molar-refractivity contribution in [1.29, 1.82) is 0 Å². The van der Waals surface area contributed by atoms with E-state index in [1.54, 1.807) is 0 Å². The Labute approximate surface area is 105 Å². The molecule has 3 unspecified atom stereocenters. The quantitative estimate of drug-likeness (QED) is 0.756. The van der Waals surface area contributed by atoms with Gasteiger partial charge in [-0.1, -0.05) is 13.8 Å². The van der Waals surface area contributed by atoms with Gasteiger partial charge in [0, 0.05) is 19.6 Å². The number of hydrogen-bond acceptors (Lipinski definition) is 2. The Balaban J connectivity index is 1.99. The second-order valence-corrected chi connectivity index (χ2v) is 6.34. The van der Waals surface area contributed by atoms with Crippen molar-refractivity contribution in [3.8, 4) is 0 Å². The zero-order chi connectivity index (χ0) is 12.5. The minimum Gasteiger partial charge on any atom is -0.342 e. The van der Waals surface area contributed by atoms with Gasteiger partial charge in [0.05, 0.1) is 5.41 Å². The van der Waals surface area contributed by atoms with Crippen molar-refractivity contribution in [2.24, 2.45) is 17.3 Å². The zero-order valence-corrected chi connectivity index (χ0v) is 11.5. The summed E-state index contributed by atoms with van der Waals surface area (Å²) in [4.78, 5) is 14.7. The van der Waals surface area contributed by atoms with E-state index in [0.29, 0.717) is 11.8 Å². The summed E-state index contributed by atoms with van der Waals surface area (Å²) in [6.45, 7) is 10.5. The molecule has 0 saturated carbocycles. The smallest absolute Gasteiger partial charge is 0.229 e. The van der Waals surface area contributed by atoms with E-state index in [-0.39, 0.29) is 5.41 Å². The Kier molecular flexibility index (Phi) is 3.76. The van der Waals surface area contributed by atoms with Crippen LogP contribution in [0.5, 0.6) is 0 Å². The maximum atomic E-state index is 12.6. The van der Waals surface area contributed by atoms with Crippen molar-refractivity contribution in [2.45, 2.75) is 40.0 Å². The molecule has 17 heavy (non-hydrogen) atoms. The van der Waals surface area contributed by atoms with Crippen LogP contribution in [0.25, 0.3) is 0 Å². The summed E-state index contributed by atoms with van der Waals surface area (Å²) in [5.74, 6) is 1.78. The number of likely N-dealkylation sites (tertiary alicyclic amines) is 1. The van der Waals surface area contributed by atoms with E-state index in [4.69, 9.17) is 0 Å². The Bertz CT molecular complexity index is 284. The molecule has 2 saturated heterocycles. The molecule has 1 amide bonds. The fourth-order valence-corrected chi connectivity index (χ4v) is 3.07. The molecule has 0 aromatic carbocycles. The Hall–Kier alpha value is -0.570. The van der Waals surface area contributed by atoms with Crippen molar-refractivity contribution in [2.75, 3.05) is 26.2 Å². The highest BCUT2D eigenvalue weighted by atomic mass is 16.2. The molecule has 2 heterocycles. The molecule has 0 aromatic heterocycles. The topological polar surface area (TPSA) is 32.3 Å². The van der Waals surface area contributed by atoms with Gasteiger partial charge >= 0.3 is 0 Å². The Morgan fingerprint density at radius 1 is 1.35 bits per heavy atom. The van der Waals surface area contributed by atoms with Crippen LogP contribution in [0.4, 0.5) is 0 Å². The number of rotatable bonds is 1. The first-order valence-corrected chi connectivity index (χ1v) is 7.03. The molecule has 3 heteroatoms. The summed E-state index contributed by atoms with van der Waals surface area (Å²) in [6.07, 6.45) is 3.33. The molecule has 2 rings (SSSR count). The lowest BCUT2D eigenvalue weighted by Gasteiger charge is -2.42. The molecule has 0 aromatic rings. The van der Waals surface area contributed by atoms with Crippen molar-refractivity contribution >= 4 is 5.91 Å². The second-order valence-electron chi connectivity index (χ2n) is 6.34. The third kappa shape index (κ3) is 2.65. The van der Waals surface area contributed by atoms with Crippen molar-refractivity contribution in [3.63, 3.8) is 0 Å². The number of amides is 1. The number of carbonyl (C=O) groups is 1. The lowest BCUT2D eigenvalue weighted by Crippen LogP contribution is -2.53. The second kappa shape index (κ2) is 4.97. The van der Waals surface area contributed by atoms with Crippen LogP contribution in [-0.2, 0) is 4.79 Å². The fourth-order valence-electron chi connectivity index (χ4n) is 3.07. The van der Waals surface area contributed by atoms with Crippen LogP contribution >= 0.6 is 0 Å². The van der Waals surface area contributed by atoms with E-state index in [0.717, 1.165) is 51.4 Å². The van der Waals surface area contributed by atoms with E-state index >= 15 is 0 Å². The van der Waals surface area contributed by atoms with Gasteiger partial charge in [-0.15, -0.1) is 0 Å². The van der Waals surface area contributed by atoms with E-state index in [9.17, 15) is 4.79 Å². The fraction of sp³-hybridized carbons (Fsp3) is 0.929. The van der Waals surface area contributed by atoms with Crippen LogP contribution in [0, 0.1) is 17.3 Å². The molecule has 2 fully saturated rings. The molecule has 2 aliphatic rings. The van der Waals surface area contributed by atoms with Gasteiger partial charge in [-0.25, -0.2) is 0 Å². The summed E-state index contributed by atoms with van der Waals surface area (Å²) >= 11 is 0. The van der Waals surface area contributed by atoms with E-state index in [2.05, 4.69) is 31.0 Å². The summed E-state index contributed by atoms with van der Waals surface area (Å²) < 4.78 is 0. The van der Waals surface area contributed by atoms with Crippen molar-refractivity contribution < 1.29 is 4.79 Å². The zero-order valence-electron chi connectivity index (χ0n) is 11.5. The molecule has 0 spiro atoms. The van der Waals surface area contributed by atoms with E-state index in [1.807, 2.05) is 0 Å². The molecule has 1 N–H and O–H groups in total. The Morgan fingerprint density at radius 3 is 2.71 bits per heavy atom. The predicted molar refractivity (Wildman–Crippen MR) is 69.7 cm³/mol. The van der Waals surface area contributed by atoms with Crippen LogP contribution < -0.4 is 5.32 Å². The summed E-state index contributed by atoms with van der Waals surface area (Å²) in [5.41, 5.74) is -0.154. The number of nitrogens with zero attached hydrogens (tertiary/aromatic N) is 1. The van der Waals surface area contributed by atoms with Crippen LogP contribution in [-0.4, -0.2) is 37.0 Å². The van der Waals surface area contributed by atoms with Crippen molar-refractivity contribution in [1.82, 2.24) is 10.2 Å². The number of hydrogen-bond donors (Lipinski definition) is 1. The highest BCUT2D eigenvalue weighted by molar-refractivity contribution is 5.82. The highest BCUT2D eigenvalue weighted by Gasteiger charge is 2.39.